The molecule has 1 N–H and O–H groups in total. The molecule has 0 bridgehead atoms. The molecule has 2 aromatic rings. The Morgan fingerprint density at radius 1 is 1.07 bits per heavy atom. The number of ether oxygens (including phenoxy) is 3. The Hall–Kier alpha value is -2.93. The average Bonchev–Trinajstić information content (AvgIpc) is 2.76. The number of hydrogen-bond acceptors (Lipinski definition) is 5. The molecule has 3 rings (SSSR count). The van der Waals surface area contributed by atoms with Crippen molar-refractivity contribution >= 4 is 17.6 Å². The summed E-state index contributed by atoms with van der Waals surface area (Å²) >= 11 is 0. The number of anilines is 1. The number of rotatable bonds is 7. The number of halogens is 1. The van der Waals surface area contributed by atoms with E-state index in [1.165, 1.54) is 12.1 Å². The molecule has 0 aromatic heterocycles. The fourth-order valence-corrected chi connectivity index (χ4v) is 3.64. The molecule has 0 radical (unpaired) electrons. The van der Waals surface area contributed by atoms with E-state index in [-0.39, 0.29) is 23.9 Å². The van der Waals surface area contributed by atoms with Crippen LogP contribution in [0.1, 0.15) is 42.6 Å². The van der Waals surface area contributed by atoms with Crippen LogP contribution < -0.4 is 10.1 Å². The summed E-state index contributed by atoms with van der Waals surface area (Å²) in [5.74, 6) is -0.701. The molecule has 7 heteroatoms. The fourth-order valence-electron chi connectivity index (χ4n) is 3.64. The van der Waals surface area contributed by atoms with Crippen LogP contribution in [0.15, 0.2) is 42.5 Å². The number of esters is 1. The van der Waals surface area contributed by atoms with Crippen molar-refractivity contribution in [3.05, 3.63) is 59.4 Å². The van der Waals surface area contributed by atoms with E-state index in [9.17, 15) is 14.0 Å². The van der Waals surface area contributed by atoms with Gasteiger partial charge in [0, 0.05) is 18.9 Å². The molecule has 0 aliphatic carbocycles. The third-order valence-corrected chi connectivity index (χ3v) is 5.21. The van der Waals surface area contributed by atoms with Gasteiger partial charge in [-0.25, -0.2) is 9.18 Å². The summed E-state index contributed by atoms with van der Waals surface area (Å²) in [6, 6.07) is 10.9. The van der Waals surface area contributed by atoms with E-state index in [4.69, 9.17) is 14.2 Å². The Morgan fingerprint density at radius 3 is 2.40 bits per heavy atom. The highest BCUT2D eigenvalue weighted by Gasteiger charge is 2.41. The molecule has 1 aliphatic heterocycles. The van der Waals surface area contributed by atoms with E-state index in [0.717, 1.165) is 5.56 Å². The third kappa shape index (κ3) is 4.62. The maximum atomic E-state index is 13.4. The molecule has 1 heterocycles. The maximum Gasteiger partial charge on any atom is 0.341 e. The number of carbonyl (C=O) groups excluding carboxylic acids is 2. The molecule has 1 amide bonds. The van der Waals surface area contributed by atoms with Crippen molar-refractivity contribution in [1.82, 2.24) is 0 Å². The molecule has 0 saturated carbocycles. The predicted octanol–water partition coefficient (Wildman–Crippen LogP) is 4.09. The Morgan fingerprint density at radius 2 is 1.77 bits per heavy atom. The molecule has 1 fully saturated rings. The van der Waals surface area contributed by atoms with Crippen LogP contribution in [0.3, 0.4) is 0 Å². The molecule has 6 nitrogen and oxygen atoms in total. The van der Waals surface area contributed by atoms with Gasteiger partial charge in [-0.3, -0.25) is 4.79 Å². The van der Waals surface area contributed by atoms with E-state index < -0.39 is 11.4 Å². The van der Waals surface area contributed by atoms with Crippen molar-refractivity contribution in [1.29, 1.82) is 0 Å². The molecule has 2 aromatic carbocycles. The van der Waals surface area contributed by atoms with Crippen molar-refractivity contribution < 1.29 is 28.2 Å². The van der Waals surface area contributed by atoms with Gasteiger partial charge in [0.1, 0.15) is 17.1 Å². The second-order valence-electron chi connectivity index (χ2n) is 7.02. The van der Waals surface area contributed by atoms with E-state index in [2.05, 4.69) is 5.32 Å². The second kappa shape index (κ2) is 9.71. The lowest BCUT2D eigenvalue weighted by Crippen LogP contribution is -2.44. The van der Waals surface area contributed by atoms with Crippen molar-refractivity contribution in [3.8, 4) is 5.75 Å². The molecule has 30 heavy (non-hydrogen) atoms. The summed E-state index contributed by atoms with van der Waals surface area (Å²) in [4.78, 5) is 25.7. The number of carbonyl (C=O) groups is 2. The van der Waals surface area contributed by atoms with Gasteiger partial charge in [-0.05, 0) is 62.6 Å². The minimum atomic E-state index is -0.839. The maximum absolute atomic E-state index is 13.4. The van der Waals surface area contributed by atoms with Gasteiger partial charge in [-0.15, -0.1) is 0 Å². The topological polar surface area (TPSA) is 73.9 Å². The van der Waals surface area contributed by atoms with Crippen LogP contribution >= 0.6 is 0 Å². The number of nitrogens with one attached hydrogen (secondary N) is 1. The van der Waals surface area contributed by atoms with Crippen molar-refractivity contribution in [2.45, 2.75) is 32.1 Å². The summed E-state index contributed by atoms with van der Waals surface area (Å²) in [6.07, 6.45) is 0.957. The Bertz CT molecular complexity index is 891. The van der Waals surface area contributed by atoms with Crippen molar-refractivity contribution in [3.63, 3.8) is 0 Å². The van der Waals surface area contributed by atoms with Crippen LogP contribution in [0, 0.1) is 5.82 Å². The van der Waals surface area contributed by atoms with E-state index >= 15 is 0 Å². The van der Waals surface area contributed by atoms with Crippen LogP contribution in [-0.2, 0) is 19.7 Å². The van der Waals surface area contributed by atoms with Crippen LogP contribution in [-0.4, -0.2) is 38.3 Å². The monoisotopic (exact) mass is 415 g/mol. The first-order valence-corrected chi connectivity index (χ1v) is 10.1. The molecular weight excluding hydrogens is 389 g/mol. The highest BCUT2D eigenvalue weighted by atomic mass is 19.1. The summed E-state index contributed by atoms with van der Waals surface area (Å²) in [5, 5.41) is 2.92. The van der Waals surface area contributed by atoms with Crippen LogP contribution in [0.25, 0.3) is 0 Å². The summed E-state index contributed by atoms with van der Waals surface area (Å²) in [6.45, 7) is 5.04. The quantitative estimate of drug-likeness (QED) is 0.690. The van der Waals surface area contributed by atoms with Gasteiger partial charge < -0.3 is 19.5 Å². The Balaban J connectivity index is 1.91. The van der Waals surface area contributed by atoms with Gasteiger partial charge in [0.05, 0.1) is 18.6 Å². The molecule has 0 atom stereocenters. The van der Waals surface area contributed by atoms with Crippen molar-refractivity contribution in [2.75, 3.05) is 31.7 Å². The minimum absolute atomic E-state index is 0.226. The number of amides is 1. The fraction of sp³-hybridized carbons (Fsp3) is 0.391. The van der Waals surface area contributed by atoms with Gasteiger partial charge >= 0.3 is 5.97 Å². The zero-order valence-electron chi connectivity index (χ0n) is 17.2. The van der Waals surface area contributed by atoms with Gasteiger partial charge in [0.25, 0.3) is 0 Å². The van der Waals surface area contributed by atoms with Crippen molar-refractivity contribution in [2.24, 2.45) is 0 Å². The second-order valence-corrected chi connectivity index (χ2v) is 7.02. The third-order valence-electron chi connectivity index (χ3n) is 5.21. The Labute approximate surface area is 175 Å². The first-order chi connectivity index (χ1) is 14.5. The van der Waals surface area contributed by atoms with Gasteiger partial charge in [0.2, 0.25) is 5.91 Å². The highest BCUT2D eigenvalue weighted by molar-refractivity contribution is 6.01. The van der Waals surface area contributed by atoms with E-state index in [1.54, 1.807) is 37.3 Å². The van der Waals surface area contributed by atoms with Crippen LogP contribution in [0.4, 0.5) is 10.1 Å². The summed E-state index contributed by atoms with van der Waals surface area (Å²) in [7, 11) is 0. The molecular formula is C23H26FNO5. The standard InChI is InChI=1S/C23H26FNO5/c1-3-29-20-10-9-18(15-19(20)21(26)30-4-2)25-22(27)23(11-13-28-14-12-23)16-5-7-17(24)8-6-16/h5-10,15H,3-4,11-14H2,1-2H3,(H,25,27). The largest absolute Gasteiger partial charge is 0.493 e. The van der Waals surface area contributed by atoms with Crippen LogP contribution in [0.2, 0.25) is 0 Å². The first-order valence-electron chi connectivity index (χ1n) is 10.1. The van der Waals surface area contributed by atoms with Gasteiger partial charge in [-0.2, -0.15) is 0 Å². The van der Waals surface area contributed by atoms with Gasteiger partial charge in [0.15, 0.2) is 0 Å². The molecule has 0 unspecified atom stereocenters. The molecule has 1 aliphatic rings. The van der Waals surface area contributed by atoms with Gasteiger partial charge in [-0.1, -0.05) is 12.1 Å². The van der Waals surface area contributed by atoms with E-state index in [0.29, 0.717) is 44.1 Å². The highest BCUT2D eigenvalue weighted by Crippen LogP contribution is 2.36. The lowest BCUT2D eigenvalue weighted by Gasteiger charge is -2.36. The predicted molar refractivity (Wildman–Crippen MR) is 110 cm³/mol. The first kappa shape index (κ1) is 21.8. The normalized spacial score (nSPS) is 15.3. The lowest BCUT2D eigenvalue weighted by atomic mass is 9.73. The molecule has 160 valence electrons. The van der Waals surface area contributed by atoms with Crippen LogP contribution in [0.5, 0.6) is 5.75 Å². The summed E-state index contributed by atoms with van der Waals surface area (Å²) in [5.41, 5.74) is 0.606. The molecule has 0 spiro atoms. The van der Waals surface area contributed by atoms with E-state index in [1.807, 2.05) is 6.92 Å². The zero-order chi connectivity index (χ0) is 21.6. The lowest BCUT2D eigenvalue weighted by molar-refractivity contribution is -0.125. The number of benzene rings is 2. The number of hydrogen-bond donors (Lipinski definition) is 1. The Kier molecular flexibility index (Phi) is 7.05. The zero-order valence-corrected chi connectivity index (χ0v) is 17.2. The molecule has 1 saturated heterocycles. The smallest absolute Gasteiger partial charge is 0.341 e. The SMILES string of the molecule is CCOC(=O)c1cc(NC(=O)C2(c3ccc(F)cc3)CCOCC2)ccc1OCC. The minimum Gasteiger partial charge on any atom is -0.493 e. The average molecular weight is 415 g/mol. The summed E-state index contributed by atoms with van der Waals surface area (Å²) < 4.78 is 29.5.